The maximum atomic E-state index is 13.0. The Bertz CT molecular complexity index is 996. The molecule has 6 heteroatoms. The van der Waals surface area contributed by atoms with Crippen LogP contribution in [-0.4, -0.2) is 17.4 Å². The second kappa shape index (κ2) is 6.72. The van der Waals surface area contributed by atoms with Crippen LogP contribution in [0.5, 0.6) is 0 Å². The lowest BCUT2D eigenvalue weighted by Gasteiger charge is -2.13. The van der Waals surface area contributed by atoms with Gasteiger partial charge in [0, 0.05) is 0 Å². The SMILES string of the molecule is O=C(c1ccc(Br)o1)[C@@H]1C(=O)N(c2ccccc2)N=C1c1ccccc1. The van der Waals surface area contributed by atoms with E-state index in [0.29, 0.717) is 16.1 Å². The smallest absolute Gasteiger partial charge is 0.264 e. The molecular weight excluding hydrogens is 396 g/mol. The van der Waals surface area contributed by atoms with Crippen molar-refractivity contribution in [3.05, 3.63) is 88.8 Å². The van der Waals surface area contributed by atoms with Crippen molar-refractivity contribution in [3.8, 4) is 0 Å². The highest BCUT2D eigenvalue weighted by atomic mass is 79.9. The lowest BCUT2D eigenvalue weighted by atomic mass is 9.91. The molecule has 5 nitrogen and oxygen atoms in total. The van der Waals surface area contributed by atoms with Gasteiger partial charge < -0.3 is 4.42 Å². The highest BCUT2D eigenvalue weighted by Crippen LogP contribution is 2.29. The number of hydrogen-bond acceptors (Lipinski definition) is 4. The first kappa shape index (κ1) is 16.5. The van der Waals surface area contributed by atoms with Gasteiger partial charge in [0.05, 0.1) is 11.4 Å². The monoisotopic (exact) mass is 408 g/mol. The van der Waals surface area contributed by atoms with Crippen LogP contribution >= 0.6 is 15.9 Å². The second-order valence-electron chi connectivity index (χ2n) is 5.74. The van der Waals surface area contributed by atoms with Gasteiger partial charge in [-0.2, -0.15) is 10.1 Å². The number of ketones is 1. The lowest BCUT2D eigenvalue weighted by Crippen LogP contribution is -2.33. The van der Waals surface area contributed by atoms with E-state index in [-0.39, 0.29) is 5.76 Å². The van der Waals surface area contributed by atoms with Gasteiger partial charge in [-0.15, -0.1) is 0 Å². The van der Waals surface area contributed by atoms with E-state index in [1.165, 1.54) is 5.01 Å². The van der Waals surface area contributed by atoms with Gasteiger partial charge in [-0.25, -0.2) is 0 Å². The standard InChI is InChI=1S/C20H13BrN2O3/c21-16-12-11-15(26-16)19(24)17-18(13-7-3-1-4-8-13)22-23(20(17)25)14-9-5-2-6-10-14/h1-12,17H/t17-/m1/s1. The van der Waals surface area contributed by atoms with Crippen molar-refractivity contribution in [1.29, 1.82) is 0 Å². The number of carbonyl (C=O) groups is 2. The summed E-state index contributed by atoms with van der Waals surface area (Å²) in [4.78, 5) is 26.0. The van der Waals surface area contributed by atoms with E-state index in [4.69, 9.17) is 4.42 Å². The Hall–Kier alpha value is -2.99. The molecule has 1 aliphatic heterocycles. The molecule has 1 amide bonds. The largest absolute Gasteiger partial charge is 0.446 e. The Kier molecular flexibility index (Phi) is 4.26. The van der Waals surface area contributed by atoms with E-state index in [0.717, 1.165) is 5.56 Å². The van der Waals surface area contributed by atoms with Crippen LogP contribution in [0.25, 0.3) is 0 Å². The van der Waals surface area contributed by atoms with Crippen LogP contribution in [0.3, 0.4) is 0 Å². The number of carbonyl (C=O) groups excluding carboxylic acids is 2. The van der Waals surface area contributed by atoms with E-state index in [1.54, 1.807) is 24.3 Å². The van der Waals surface area contributed by atoms with Crippen LogP contribution in [-0.2, 0) is 4.79 Å². The molecule has 0 saturated carbocycles. The number of hydrogen-bond donors (Lipinski definition) is 0. The maximum absolute atomic E-state index is 13.0. The Morgan fingerprint density at radius 1 is 0.962 bits per heavy atom. The van der Waals surface area contributed by atoms with E-state index < -0.39 is 17.6 Å². The molecule has 1 aliphatic rings. The zero-order chi connectivity index (χ0) is 18.1. The fourth-order valence-corrected chi connectivity index (χ4v) is 3.17. The molecule has 1 aromatic heterocycles. The minimum atomic E-state index is -1.05. The number of benzene rings is 2. The topological polar surface area (TPSA) is 62.9 Å². The summed E-state index contributed by atoms with van der Waals surface area (Å²) >= 11 is 3.19. The first-order chi connectivity index (χ1) is 12.6. The maximum Gasteiger partial charge on any atom is 0.264 e. The summed E-state index contributed by atoms with van der Waals surface area (Å²) in [5, 5.41) is 5.75. The molecule has 0 saturated heterocycles. The number of amides is 1. The zero-order valence-electron chi connectivity index (χ0n) is 13.5. The van der Waals surface area contributed by atoms with Crippen molar-refractivity contribution < 1.29 is 14.0 Å². The highest BCUT2D eigenvalue weighted by Gasteiger charge is 2.43. The first-order valence-corrected chi connectivity index (χ1v) is 8.77. The van der Waals surface area contributed by atoms with Gasteiger partial charge in [-0.1, -0.05) is 48.5 Å². The van der Waals surface area contributed by atoms with Gasteiger partial charge >= 0.3 is 0 Å². The van der Waals surface area contributed by atoms with Gasteiger partial charge in [-0.05, 0) is 45.8 Å². The van der Waals surface area contributed by atoms with Crippen molar-refractivity contribution in [2.75, 3.05) is 5.01 Å². The molecule has 26 heavy (non-hydrogen) atoms. The summed E-state index contributed by atoms with van der Waals surface area (Å²) in [6, 6.07) is 21.5. The fourth-order valence-electron chi connectivity index (χ4n) is 2.87. The van der Waals surface area contributed by atoms with Crippen molar-refractivity contribution in [2.24, 2.45) is 11.0 Å². The van der Waals surface area contributed by atoms with Crippen LogP contribution < -0.4 is 5.01 Å². The molecule has 4 rings (SSSR count). The molecule has 0 spiro atoms. The predicted molar refractivity (Wildman–Crippen MR) is 101 cm³/mol. The third-order valence-electron chi connectivity index (χ3n) is 4.09. The molecule has 2 aromatic carbocycles. The van der Waals surface area contributed by atoms with E-state index in [2.05, 4.69) is 21.0 Å². The number of furan rings is 1. The molecule has 0 radical (unpaired) electrons. The number of Topliss-reactive ketones (excluding diaryl/α,β-unsaturated/α-hetero) is 1. The van der Waals surface area contributed by atoms with Crippen molar-refractivity contribution in [1.82, 2.24) is 0 Å². The normalized spacial score (nSPS) is 16.7. The van der Waals surface area contributed by atoms with E-state index in [9.17, 15) is 9.59 Å². The van der Waals surface area contributed by atoms with Crippen LogP contribution in [0.4, 0.5) is 5.69 Å². The number of hydrazone groups is 1. The molecule has 2 heterocycles. The average Bonchev–Trinajstić information content (AvgIpc) is 3.26. The second-order valence-corrected chi connectivity index (χ2v) is 6.52. The van der Waals surface area contributed by atoms with Crippen LogP contribution in [0.1, 0.15) is 16.1 Å². The zero-order valence-corrected chi connectivity index (χ0v) is 15.1. The lowest BCUT2D eigenvalue weighted by molar-refractivity contribution is -0.118. The summed E-state index contributed by atoms with van der Waals surface area (Å²) in [5.74, 6) is -1.74. The summed E-state index contributed by atoms with van der Waals surface area (Å²) in [6.45, 7) is 0. The molecule has 128 valence electrons. The Morgan fingerprint density at radius 3 is 2.23 bits per heavy atom. The molecule has 1 atom stereocenters. The van der Waals surface area contributed by atoms with E-state index >= 15 is 0 Å². The van der Waals surface area contributed by atoms with Crippen molar-refractivity contribution >= 4 is 39.0 Å². The van der Waals surface area contributed by atoms with Crippen LogP contribution in [0.15, 0.2) is 87.0 Å². The minimum absolute atomic E-state index is 0.119. The predicted octanol–water partition coefficient (Wildman–Crippen LogP) is 4.29. The number of anilines is 1. The van der Waals surface area contributed by atoms with E-state index in [1.807, 2.05) is 48.5 Å². The number of para-hydroxylation sites is 1. The molecule has 0 unspecified atom stereocenters. The molecule has 0 N–H and O–H groups in total. The molecule has 0 aliphatic carbocycles. The van der Waals surface area contributed by atoms with Crippen LogP contribution in [0.2, 0.25) is 0 Å². The summed E-state index contributed by atoms with van der Waals surface area (Å²) in [5.41, 5.74) is 1.75. The third-order valence-corrected chi connectivity index (χ3v) is 4.51. The van der Waals surface area contributed by atoms with Gasteiger partial charge in [-0.3, -0.25) is 9.59 Å². The fraction of sp³-hybridized carbons (Fsp3) is 0.0500. The summed E-state index contributed by atoms with van der Waals surface area (Å²) in [6.07, 6.45) is 0. The van der Waals surface area contributed by atoms with Crippen molar-refractivity contribution in [3.63, 3.8) is 0 Å². The Morgan fingerprint density at radius 2 is 1.62 bits per heavy atom. The highest BCUT2D eigenvalue weighted by molar-refractivity contribution is 9.10. The Labute approximate surface area is 158 Å². The third kappa shape index (κ3) is 2.88. The number of nitrogens with zero attached hydrogens (tertiary/aromatic N) is 2. The van der Waals surface area contributed by atoms with Crippen molar-refractivity contribution in [2.45, 2.75) is 0 Å². The number of halogens is 1. The van der Waals surface area contributed by atoms with Crippen LogP contribution in [0, 0.1) is 5.92 Å². The molecule has 3 aromatic rings. The first-order valence-electron chi connectivity index (χ1n) is 7.97. The quantitative estimate of drug-likeness (QED) is 0.477. The summed E-state index contributed by atoms with van der Waals surface area (Å²) in [7, 11) is 0. The molecular formula is C20H13BrN2O3. The molecule has 0 bridgehead atoms. The molecule has 0 fully saturated rings. The average molecular weight is 409 g/mol. The van der Waals surface area contributed by atoms with Gasteiger partial charge in [0.25, 0.3) is 5.91 Å². The van der Waals surface area contributed by atoms with Gasteiger partial charge in [0.1, 0.15) is 0 Å². The Balaban J connectivity index is 1.79. The van der Waals surface area contributed by atoms with Gasteiger partial charge in [0.2, 0.25) is 5.78 Å². The summed E-state index contributed by atoms with van der Waals surface area (Å²) < 4.78 is 5.81. The van der Waals surface area contributed by atoms with Gasteiger partial charge in [0.15, 0.2) is 16.3 Å². The minimum Gasteiger partial charge on any atom is -0.446 e. The number of rotatable bonds is 4.